The summed E-state index contributed by atoms with van der Waals surface area (Å²) < 4.78 is 6.67. The monoisotopic (exact) mass is 338 g/mol. The van der Waals surface area contributed by atoms with Crippen LogP contribution in [0.15, 0.2) is 52.3 Å². The molecule has 0 bridgehead atoms. The standard InChI is InChI=1S/C18H18N4O3/c1-12-13(2)21-11-22(18(12)24)10-16(23)20-9-14-5-3-7-19-17(14)15-6-4-8-25-15/h3-8,11H,9-10H2,1-2H3,(H,20,23). The van der Waals surface area contributed by atoms with Crippen molar-refractivity contribution in [1.82, 2.24) is 19.9 Å². The van der Waals surface area contributed by atoms with E-state index in [0.29, 0.717) is 22.7 Å². The van der Waals surface area contributed by atoms with Crippen LogP contribution in [0.1, 0.15) is 16.8 Å². The molecule has 3 rings (SSSR count). The van der Waals surface area contributed by atoms with Crippen molar-refractivity contribution in [1.29, 1.82) is 0 Å². The largest absolute Gasteiger partial charge is 0.463 e. The quantitative estimate of drug-likeness (QED) is 0.766. The van der Waals surface area contributed by atoms with E-state index in [-0.39, 0.29) is 24.6 Å². The first-order valence-corrected chi connectivity index (χ1v) is 7.83. The molecule has 0 aliphatic carbocycles. The van der Waals surface area contributed by atoms with Crippen LogP contribution in [0.25, 0.3) is 11.5 Å². The fourth-order valence-corrected chi connectivity index (χ4v) is 2.41. The van der Waals surface area contributed by atoms with Crippen LogP contribution >= 0.6 is 0 Å². The van der Waals surface area contributed by atoms with E-state index in [0.717, 1.165) is 5.56 Å². The van der Waals surface area contributed by atoms with E-state index in [1.807, 2.05) is 12.1 Å². The van der Waals surface area contributed by atoms with Gasteiger partial charge in [-0.15, -0.1) is 0 Å². The van der Waals surface area contributed by atoms with E-state index >= 15 is 0 Å². The average molecular weight is 338 g/mol. The molecule has 7 heteroatoms. The van der Waals surface area contributed by atoms with E-state index in [4.69, 9.17) is 4.42 Å². The first-order chi connectivity index (χ1) is 12.1. The molecule has 3 heterocycles. The lowest BCUT2D eigenvalue weighted by molar-refractivity contribution is -0.121. The van der Waals surface area contributed by atoms with Crippen molar-refractivity contribution in [2.24, 2.45) is 0 Å². The summed E-state index contributed by atoms with van der Waals surface area (Å²) in [5.41, 5.74) is 2.51. The van der Waals surface area contributed by atoms with Gasteiger partial charge in [-0.05, 0) is 32.0 Å². The molecule has 3 aromatic rings. The van der Waals surface area contributed by atoms with E-state index in [2.05, 4.69) is 15.3 Å². The zero-order chi connectivity index (χ0) is 17.8. The molecule has 0 atom stereocenters. The zero-order valence-corrected chi connectivity index (χ0v) is 14.0. The number of amides is 1. The van der Waals surface area contributed by atoms with Gasteiger partial charge in [-0.2, -0.15) is 0 Å². The van der Waals surface area contributed by atoms with Crippen LogP contribution in [0.3, 0.4) is 0 Å². The molecule has 1 amide bonds. The Morgan fingerprint density at radius 1 is 1.24 bits per heavy atom. The third kappa shape index (κ3) is 3.65. The highest BCUT2D eigenvalue weighted by Crippen LogP contribution is 2.21. The second-order valence-electron chi connectivity index (χ2n) is 5.65. The lowest BCUT2D eigenvalue weighted by Crippen LogP contribution is -2.33. The Kier molecular flexibility index (Phi) is 4.74. The highest BCUT2D eigenvalue weighted by atomic mass is 16.3. The summed E-state index contributed by atoms with van der Waals surface area (Å²) in [7, 11) is 0. The van der Waals surface area contributed by atoms with Gasteiger partial charge in [-0.1, -0.05) is 6.07 Å². The summed E-state index contributed by atoms with van der Waals surface area (Å²) in [5, 5.41) is 2.80. The maximum atomic E-state index is 12.2. The van der Waals surface area contributed by atoms with Crippen molar-refractivity contribution in [2.75, 3.05) is 0 Å². The molecule has 0 radical (unpaired) electrons. The summed E-state index contributed by atoms with van der Waals surface area (Å²) >= 11 is 0. The van der Waals surface area contributed by atoms with E-state index in [1.54, 1.807) is 38.4 Å². The van der Waals surface area contributed by atoms with Crippen molar-refractivity contribution in [3.8, 4) is 11.5 Å². The average Bonchev–Trinajstić information content (AvgIpc) is 3.15. The number of aromatic nitrogens is 3. The van der Waals surface area contributed by atoms with Gasteiger partial charge in [0.25, 0.3) is 5.56 Å². The van der Waals surface area contributed by atoms with Crippen LogP contribution in [0.2, 0.25) is 0 Å². The molecule has 0 aromatic carbocycles. The third-order valence-corrected chi connectivity index (χ3v) is 3.95. The van der Waals surface area contributed by atoms with Crippen molar-refractivity contribution < 1.29 is 9.21 Å². The Morgan fingerprint density at radius 3 is 2.84 bits per heavy atom. The number of hydrogen-bond acceptors (Lipinski definition) is 5. The van der Waals surface area contributed by atoms with Crippen LogP contribution in [-0.4, -0.2) is 20.4 Å². The topological polar surface area (TPSA) is 90.0 Å². The summed E-state index contributed by atoms with van der Waals surface area (Å²) in [5.74, 6) is 0.362. The van der Waals surface area contributed by atoms with Gasteiger partial charge in [-0.25, -0.2) is 4.98 Å². The van der Waals surface area contributed by atoms with Gasteiger partial charge < -0.3 is 9.73 Å². The third-order valence-electron chi connectivity index (χ3n) is 3.95. The smallest absolute Gasteiger partial charge is 0.256 e. The number of carbonyl (C=O) groups is 1. The molecule has 0 spiro atoms. The van der Waals surface area contributed by atoms with Crippen LogP contribution in [-0.2, 0) is 17.9 Å². The Labute approximate surface area is 144 Å². The predicted octanol–water partition coefficient (Wildman–Crippen LogP) is 1.83. The Balaban J connectivity index is 1.70. The molecule has 25 heavy (non-hydrogen) atoms. The fraction of sp³-hybridized carbons (Fsp3) is 0.222. The maximum Gasteiger partial charge on any atom is 0.256 e. The molecule has 3 aromatic heterocycles. The molecule has 0 aliphatic rings. The lowest BCUT2D eigenvalue weighted by atomic mass is 10.1. The molecule has 0 aliphatic heterocycles. The SMILES string of the molecule is Cc1ncn(CC(=O)NCc2cccnc2-c2ccco2)c(=O)c1C. The molecule has 1 N–H and O–H groups in total. The molecular formula is C18H18N4O3. The normalized spacial score (nSPS) is 10.6. The Morgan fingerprint density at radius 2 is 2.08 bits per heavy atom. The molecule has 0 saturated heterocycles. The summed E-state index contributed by atoms with van der Waals surface area (Å²) in [4.78, 5) is 32.7. The first kappa shape index (κ1) is 16.6. The fourth-order valence-electron chi connectivity index (χ4n) is 2.41. The van der Waals surface area contributed by atoms with E-state index < -0.39 is 0 Å². The number of carbonyl (C=O) groups excluding carboxylic acids is 1. The van der Waals surface area contributed by atoms with Gasteiger partial charge in [0.15, 0.2) is 5.76 Å². The van der Waals surface area contributed by atoms with Crippen molar-refractivity contribution in [2.45, 2.75) is 26.9 Å². The minimum absolute atomic E-state index is 0.0801. The summed E-state index contributed by atoms with van der Waals surface area (Å²) in [6, 6.07) is 7.26. The van der Waals surface area contributed by atoms with Gasteiger partial charge in [0.2, 0.25) is 5.91 Å². The van der Waals surface area contributed by atoms with Crippen molar-refractivity contribution in [3.05, 3.63) is 70.2 Å². The maximum absolute atomic E-state index is 12.2. The predicted molar refractivity (Wildman–Crippen MR) is 91.8 cm³/mol. The minimum Gasteiger partial charge on any atom is -0.463 e. The van der Waals surface area contributed by atoms with Crippen molar-refractivity contribution >= 4 is 5.91 Å². The molecule has 128 valence electrons. The van der Waals surface area contributed by atoms with E-state index in [9.17, 15) is 9.59 Å². The molecule has 0 unspecified atom stereocenters. The van der Waals surface area contributed by atoms with Gasteiger partial charge in [0.05, 0.1) is 12.6 Å². The van der Waals surface area contributed by atoms with Crippen LogP contribution in [0, 0.1) is 13.8 Å². The summed E-state index contributed by atoms with van der Waals surface area (Å²) in [6.45, 7) is 3.67. The number of furan rings is 1. The Hall–Kier alpha value is -3.22. The van der Waals surface area contributed by atoms with Gasteiger partial charge in [0, 0.05) is 29.6 Å². The second-order valence-corrected chi connectivity index (χ2v) is 5.65. The zero-order valence-electron chi connectivity index (χ0n) is 14.0. The van der Waals surface area contributed by atoms with Crippen molar-refractivity contribution in [3.63, 3.8) is 0 Å². The van der Waals surface area contributed by atoms with Gasteiger partial charge in [-0.3, -0.25) is 19.1 Å². The number of nitrogens with zero attached hydrogens (tertiary/aromatic N) is 3. The Bertz CT molecular complexity index is 945. The van der Waals surface area contributed by atoms with Crippen LogP contribution in [0.5, 0.6) is 0 Å². The van der Waals surface area contributed by atoms with Crippen LogP contribution in [0.4, 0.5) is 0 Å². The van der Waals surface area contributed by atoms with Gasteiger partial charge >= 0.3 is 0 Å². The first-order valence-electron chi connectivity index (χ1n) is 7.83. The molecule has 7 nitrogen and oxygen atoms in total. The number of rotatable bonds is 5. The molecule has 0 fully saturated rings. The number of pyridine rings is 1. The lowest BCUT2D eigenvalue weighted by Gasteiger charge is -2.10. The second kappa shape index (κ2) is 7.12. The molecule has 0 saturated carbocycles. The molecular weight excluding hydrogens is 320 g/mol. The minimum atomic E-state index is -0.276. The number of nitrogens with one attached hydrogen (secondary N) is 1. The highest BCUT2D eigenvalue weighted by molar-refractivity contribution is 5.76. The summed E-state index contributed by atoms with van der Waals surface area (Å²) in [6.07, 6.45) is 4.64. The van der Waals surface area contributed by atoms with E-state index in [1.165, 1.54) is 10.9 Å². The number of aryl methyl sites for hydroxylation is 1. The number of hydrogen-bond donors (Lipinski definition) is 1. The van der Waals surface area contributed by atoms with Crippen LogP contribution < -0.4 is 10.9 Å². The highest BCUT2D eigenvalue weighted by Gasteiger charge is 2.11. The van der Waals surface area contributed by atoms with Gasteiger partial charge in [0.1, 0.15) is 12.2 Å².